The van der Waals surface area contributed by atoms with Crippen LogP contribution in [0.1, 0.15) is 42.2 Å². The summed E-state index contributed by atoms with van der Waals surface area (Å²) in [6.07, 6.45) is 3.22. The molecule has 2 aliphatic heterocycles. The maximum atomic E-state index is 13.0. The van der Waals surface area contributed by atoms with Crippen molar-refractivity contribution in [3.63, 3.8) is 0 Å². The first-order chi connectivity index (χ1) is 10.7. The number of rotatable bonds is 1. The molecule has 1 N–H and O–H groups in total. The number of para-hydroxylation sites is 1. The van der Waals surface area contributed by atoms with Gasteiger partial charge in [0.1, 0.15) is 0 Å². The van der Waals surface area contributed by atoms with Crippen molar-refractivity contribution in [1.82, 2.24) is 9.88 Å². The van der Waals surface area contributed by atoms with E-state index in [1.165, 1.54) is 0 Å². The molecule has 3 heterocycles. The SMILES string of the molecule is CC[C@@H]1CC[C@@H]2C(=O)c3[nH]c4ccccc4c3CC(=O)N2C1. The van der Waals surface area contributed by atoms with Gasteiger partial charge in [0.25, 0.3) is 0 Å². The summed E-state index contributed by atoms with van der Waals surface area (Å²) in [6.45, 7) is 2.89. The number of Topliss-reactive ketones (excluding diaryl/α,β-unsaturated/α-hetero) is 1. The molecule has 4 nitrogen and oxygen atoms in total. The summed E-state index contributed by atoms with van der Waals surface area (Å²) in [4.78, 5) is 30.8. The number of nitrogens with one attached hydrogen (secondary N) is 1. The highest BCUT2D eigenvalue weighted by Gasteiger charge is 2.40. The Morgan fingerprint density at radius 1 is 1.23 bits per heavy atom. The van der Waals surface area contributed by atoms with Crippen LogP contribution in [-0.2, 0) is 11.2 Å². The summed E-state index contributed by atoms with van der Waals surface area (Å²) >= 11 is 0. The Morgan fingerprint density at radius 3 is 2.86 bits per heavy atom. The van der Waals surface area contributed by atoms with Crippen LogP contribution in [0.3, 0.4) is 0 Å². The summed E-state index contributed by atoms with van der Waals surface area (Å²) < 4.78 is 0. The first kappa shape index (κ1) is 13.6. The monoisotopic (exact) mass is 296 g/mol. The second-order valence-electron chi connectivity index (χ2n) is 6.48. The van der Waals surface area contributed by atoms with E-state index in [0.29, 0.717) is 18.0 Å². The molecule has 2 aromatic rings. The zero-order chi connectivity index (χ0) is 15.3. The molecule has 1 fully saturated rings. The van der Waals surface area contributed by atoms with E-state index in [1.54, 1.807) is 0 Å². The molecule has 1 saturated heterocycles. The zero-order valence-corrected chi connectivity index (χ0v) is 12.8. The van der Waals surface area contributed by atoms with E-state index in [4.69, 9.17) is 0 Å². The third-order valence-electron chi connectivity index (χ3n) is 5.27. The molecular weight excluding hydrogens is 276 g/mol. The van der Waals surface area contributed by atoms with Crippen LogP contribution in [0.4, 0.5) is 0 Å². The molecular formula is C18H20N2O2. The van der Waals surface area contributed by atoms with E-state index < -0.39 is 0 Å². The molecule has 0 radical (unpaired) electrons. The number of aromatic amines is 1. The summed E-state index contributed by atoms with van der Waals surface area (Å²) in [5.41, 5.74) is 2.48. The smallest absolute Gasteiger partial charge is 0.227 e. The van der Waals surface area contributed by atoms with E-state index in [-0.39, 0.29) is 17.7 Å². The maximum Gasteiger partial charge on any atom is 0.227 e. The van der Waals surface area contributed by atoms with E-state index in [2.05, 4.69) is 11.9 Å². The van der Waals surface area contributed by atoms with Gasteiger partial charge in [-0.3, -0.25) is 9.59 Å². The van der Waals surface area contributed by atoms with Gasteiger partial charge in [0.15, 0.2) is 0 Å². The van der Waals surface area contributed by atoms with E-state index in [9.17, 15) is 9.59 Å². The van der Waals surface area contributed by atoms with Crippen LogP contribution in [0.5, 0.6) is 0 Å². The number of ketones is 1. The fourth-order valence-electron chi connectivity index (χ4n) is 3.94. The molecule has 1 amide bonds. The van der Waals surface area contributed by atoms with Gasteiger partial charge in [0.2, 0.25) is 11.7 Å². The van der Waals surface area contributed by atoms with Gasteiger partial charge >= 0.3 is 0 Å². The van der Waals surface area contributed by atoms with Gasteiger partial charge in [0, 0.05) is 17.4 Å². The Hall–Kier alpha value is -2.10. The summed E-state index contributed by atoms with van der Waals surface area (Å²) in [7, 11) is 0. The van der Waals surface area contributed by atoms with Gasteiger partial charge in [-0.15, -0.1) is 0 Å². The minimum Gasteiger partial charge on any atom is -0.352 e. The number of carbonyl (C=O) groups is 2. The molecule has 2 aliphatic rings. The number of amides is 1. The van der Waals surface area contributed by atoms with Gasteiger partial charge in [-0.2, -0.15) is 0 Å². The lowest BCUT2D eigenvalue weighted by Gasteiger charge is -2.37. The highest BCUT2D eigenvalue weighted by molar-refractivity contribution is 6.09. The molecule has 2 atom stereocenters. The molecule has 0 unspecified atom stereocenters. The number of piperidine rings is 1. The Bertz CT molecular complexity index is 762. The molecule has 0 spiro atoms. The predicted octanol–water partition coefficient (Wildman–Crippen LogP) is 2.92. The third-order valence-corrected chi connectivity index (χ3v) is 5.27. The molecule has 4 heteroatoms. The Morgan fingerprint density at radius 2 is 2.05 bits per heavy atom. The minimum absolute atomic E-state index is 0.0894. The lowest BCUT2D eigenvalue weighted by atomic mass is 9.89. The van der Waals surface area contributed by atoms with Crippen LogP contribution in [0, 0.1) is 5.92 Å². The van der Waals surface area contributed by atoms with E-state index in [1.807, 2.05) is 29.2 Å². The Labute approximate surface area is 129 Å². The van der Waals surface area contributed by atoms with Gasteiger partial charge in [-0.1, -0.05) is 31.5 Å². The predicted molar refractivity (Wildman–Crippen MR) is 84.8 cm³/mol. The highest BCUT2D eigenvalue weighted by atomic mass is 16.2. The van der Waals surface area contributed by atoms with Crippen LogP contribution in [0.25, 0.3) is 10.9 Å². The average molecular weight is 296 g/mol. The lowest BCUT2D eigenvalue weighted by Crippen LogP contribution is -2.49. The van der Waals surface area contributed by atoms with Gasteiger partial charge in [-0.05, 0) is 30.4 Å². The number of aromatic nitrogens is 1. The number of carbonyl (C=O) groups excluding carboxylic acids is 2. The normalized spacial score (nSPS) is 25.0. The van der Waals surface area contributed by atoms with Crippen molar-refractivity contribution in [2.24, 2.45) is 5.92 Å². The topological polar surface area (TPSA) is 53.2 Å². The maximum absolute atomic E-state index is 13.0. The van der Waals surface area contributed by atoms with Crippen LogP contribution in [0.2, 0.25) is 0 Å². The number of hydrogen-bond acceptors (Lipinski definition) is 2. The second-order valence-corrected chi connectivity index (χ2v) is 6.48. The number of fused-ring (bicyclic) bond motifs is 4. The van der Waals surface area contributed by atoms with Crippen molar-refractivity contribution in [1.29, 1.82) is 0 Å². The largest absolute Gasteiger partial charge is 0.352 e. The standard InChI is InChI=1S/C18H20N2O2/c1-2-11-7-8-15-18(22)17-13(9-16(21)20(15)10-11)12-5-3-4-6-14(12)19-17/h3-6,11,15,19H,2,7-10H2,1H3/t11-,15-/m1/s1. The fraction of sp³-hybridized carbons (Fsp3) is 0.444. The van der Waals surface area contributed by atoms with Crippen molar-refractivity contribution in [3.05, 3.63) is 35.5 Å². The average Bonchev–Trinajstić information content (AvgIpc) is 2.88. The van der Waals surface area contributed by atoms with E-state index >= 15 is 0 Å². The fourth-order valence-corrected chi connectivity index (χ4v) is 3.94. The van der Waals surface area contributed by atoms with Crippen molar-refractivity contribution in [3.8, 4) is 0 Å². The zero-order valence-electron chi connectivity index (χ0n) is 12.8. The minimum atomic E-state index is -0.274. The second kappa shape index (κ2) is 4.97. The third kappa shape index (κ3) is 1.90. The molecule has 0 saturated carbocycles. The summed E-state index contributed by atoms with van der Waals surface area (Å²) in [5.74, 6) is 0.716. The highest BCUT2D eigenvalue weighted by Crippen LogP contribution is 2.33. The van der Waals surface area contributed by atoms with Gasteiger partial charge in [-0.25, -0.2) is 0 Å². The number of hydrogen-bond donors (Lipinski definition) is 1. The van der Waals surface area contributed by atoms with Crippen LogP contribution in [-0.4, -0.2) is 34.2 Å². The Kier molecular flexibility index (Phi) is 3.06. The van der Waals surface area contributed by atoms with Gasteiger partial charge in [0.05, 0.1) is 18.2 Å². The first-order valence-electron chi connectivity index (χ1n) is 8.12. The van der Waals surface area contributed by atoms with Crippen LogP contribution >= 0.6 is 0 Å². The van der Waals surface area contributed by atoms with Crippen molar-refractivity contribution < 1.29 is 9.59 Å². The van der Waals surface area contributed by atoms with Crippen molar-refractivity contribution in [2.45, 2.75) is 38.6 Å². The number of benzene rings is 1. The first-order valence-corrected chi connectivity index (χ1v) is 8.12. The van der Waals surface area contributed by atoms with Crippen LogP contribution in [0.15, 0.2) is 24.3 Å². The van der Waals surface area contributed by atoms with Crippen LogP contribution < -0.4 is 0 Å². The molecule has 4 rings (SSSR count). The molecule has 1 aromatic carbocycles. The molecule has 1 aromatic heterocycles. The van der Waals surface area contributed by atoms with E-state index in [0.717, 1.165) is 42.3 Å². The summed E-state index contributed by atoms with van der Waals surface area (Å²) in [6, 6.07) is 7.59. The molecule has 22 heavy (non-hydrogen) atoms. The molecule has 114 valence electrons. The lowest BCUT2D eigenvalue weighted by molar-refractivity contribution is -0.134. The van der Waals surface area contributed by atoms with Crippen molar-refractivity contribution in [2.75, 3.05) is 6.54 Å². The van der Waals surface area contributed by atoms with Crippen molar-refractivity contribution >= 4 is 22.6 Å². The number of H-pyrrole nitrogens is 1. The number of nitrogens with zero attached hydrogens (tertiary/aromatic N) is 1. The molecule has 0 bridgehead atoms. The van der Waals surface area contributed by atoms with Gasteiger partial charge < -0.3 is 9.88 Å². The summed E-state index contributed by atoms with van der Waals surface area (Å²) in [5, 5.41) is 1.01. The quantitative estimate of drug-likeness (QED) is 0.879. The molecule has 0 aliphatic carbocycles. The Balaban J connectivity index is 1.81.